The van der Waals surface area contributed by atoms with Crippen LogP contribution in [0.25, 0.3) is 0 Å². The zero-order valence-corrected chi connectivity index (χ0v) is 21.7. The first kappa shape index (κ1) is 24.3. The van der Waals surface area contributed by atoms with E-state index in [2.05, 4.69) is 10.6 Å². The predicted molar refractivity (Wildman–Crippen MR) is 138 cm³/mol. The molecule has 1 aromatic heterocycles. The Labute approximate surface area is 214 Å². The summed E-state index contributed by atoms with van der Waals surface area (Å²) in [6.45, 7) is 3.66. The lowest BCUT2D eigenvalue weighted by Crippen LogP contribution is -2.47. The maximum atomic E-state index is 13.3. The standard InChI is InChI=1S/C27H31ClN2O4S/c1-3-34-26(33)22-15(2)23(24(32)29-20-6-4-19(28)5-7-20)35-25(22)30-21(31)14-27-11-16-8-17(12-27)10-18(9-16)13-27/h4-7,16-18H,3,8-14H2,1-2H3,(H,29,32)(H,30,31). The number of ether oxygens (including phenoxy) is 1. The first-order chi connectivity index (χ1) is 16.7. The molecule has 4 fully saturated rings. The van der Waals surface area contributed by atoms with E-state index in [4.69, 9.17) is 16.3 Å². The molecule has 0 unspecified atom stereocenters. The van der Waals surface area contributed by atoms with Crippen LogP contribution in [0.3, 0.4) is 0 Å². The Balaban J connectivity index is 1.36. The molecule has 0 saturated heterocycles. The van der Waals surface area contributed by atoms with E-state index in [1.54, 1.807) is 38.1 Å². The highest BCUT2D eigenvalue weighted by Crippen LogP contribution is 2.61. The highest BCUT2D eigenvalue weighted by atomic mass is 35.5. The summed E-state index contributed by atoms with van der Waals surface area (Å²) in [7, 11) is 0. The average molecular weight is 515 g/mol. The SMILES string of the molecule is CCOC(=O)c1c(NC(=O)CC23CC4CC(CC(C4)C2)C3)sc(C(=O)Nc2ccc(Cl)cc2)c1C. The largest absolute Gasteiger partial charge is 0.462 e. The minimum absolute atomic E-state index is 0.0802. The van der Waals surface area contributed by atoms with Crippen LogP contribution in [0.5, 0.6) is 0 Å². The average Bonchev–Trinajstić information content (AvgIpc) is 3.09. The van der Waals surface area contributed by atoms with E-state index in [0.717, 1.165) is 48.4 Å². The third kappa shape index (κ3) is 4.98. The zero-order valence-electron chi connectivity index (χ0n) is 20.1. The van der Waals surface area contributed by atoms with Gasteiger partial charge in [-0.3, -0.25) is 9.59 Å². The molecule has 2 amide bonds. The second kappa shape index (κ2) is 9.58. The molecule has 2 N–H and O–H groups in total. The summed E-state index contributed by atoms with van der Waals surface area (Å²) in [5.74, 6) is 1.33. The van der Waals surface area contributed by atoms with Gasteiger partial charge in [0, 0.05) is 17.1 Å². The van der Waals surface area contributed by atoms with Crippen LogP contribution in [0.2, 0.25) is 5.02 Å². The Hall–Kier alpha value is -2.38. The minimum Gasteiger partial charge on any atom is -0.462 e. The molecular formula is C27H31ClN2O4S. The third-order valence-corrected chi connectivity index (χ3v) is 9.35. The first-order valence-corrected chi connectivity index (χ1v) is 13.6. The fraction of sp³-hybridized carbons (Fsp3) is 0.519. The van der Waals surface area contributed by atoms with Gasteiger partial charge in [0.1, 0.15) is 5.00 Å². The quantitative estimate of drug-likeness (QED) is 0.403. The monoisotopic (exact) mass is 514 g/mol. The topological polar surface area (TPSA) is 84.5 Å². The van der Waals surface area contributed by atoms with E-state index >= 15 is 0 Å². The highest BCUT2D eigenvalue weighted by Gasteiger charge is 2.51. The van der Waals surface area contributed by atoms with Gasteiger partial charge in [-0.2, -0.15) is 0 Å². The second-order valence-electron chi connectivity index (χ2n) is 10.6. The highest BCUT2D eigenvalue weighted by molar-refractivity contribution is 7.18. The normalized spacial score (nSPS) is 26.4. The molecule has 8 heteroatoms. The van der Waals surface area contributed by atoms with Crippen LogP contribution in [-0.2, 0) is 9.53 Å². The van der Waals surface area contributed by atoms with Crippen molar-refractivity contribution in [1.29, 1.82) is 0 Å². The fourth-order valence-electron chi connectivity index (χ4n) is 7.01. The molecule has 0 spiro atoms. The minimum atomic E-state index is -0.531. The van der Waals surface area contributed by atoms with Crippen LogP contribution in [0.4, 0.5) is 10.7 Å². The lowest BCUT2D eigenvalue weighted by atomic mass is 9.49. The summed E-state index contributed by atoms with van der Waals surface area (Å²) in [5, 5.41) is 6.79. The van der Waals surface area contributed by atoms with Crippen LogP contribution in [-0.4, -0.2) is 24.4 Å². The molecule has 6 nitrogen and oxygen atoms in total. The number of amides is 2. The lowest BCUT2D eigenvalue weighted by Gasteiger charge is -2.56. The second-order valence-corrected chi connectivity index (χ2v) is 12.0. The molecule has 35 heavy (non-hydrogen) atoms. The van der Waals surface area contributed by atoms with E-state index in [1.165, 1.54) is 19.3 Å². The molecule has 1 aromatic carbocycles. The summed E-state index contributed by atoms with van der Waals surface area (Å²) >= 11 is 7.06. The first-order valence-electron chi connectivity index (χ1n) is 12.4. The summed E-state index contributed by atoms with van der Waals surface area (Å²) in [6.07, 6.45) is 7.85. The van der Waals surface area contributed by atoms with Gasteiger partial charge in [-0.05, 0) is 105 Å². The van der Waals surface area contributed by atoms with Crippen molar-refractivity contribution in [3.05, 3.63) is 45.3 Å². The van der Waals surface area contributed by atoms with Gasteiger partial charge < -0.3 is 15.4 Å². The van der Waals surface area contributed by atoms with Crippen molar-refractivity contribution in [2.75, 3.05) is 17.2 Å². The molecule has 6 rings (SSSR count). The number of carbonyl (C=O) groups excluding carboxylic acids is 3. The zero-order chi connectivity index (χ0) is 24.7. The number of anilines is 2. The van der Waals surface area contributed by atoms with E-state index in [1.807, 2.05) is 0 Å². The Morgan fingerprint density at radius 1 is 1.03 bits per heavy atom. The van der Waals surface area contributed by atoms with Crippen molar-refractivity contribution in [3.63, 3.8) is 0 Å². The summed E-state index contributed by atoms with van der Waals surface area (Å²) < 4.78 is 5.26. The van der Waals surface area contributed by atoms with Crippen molar-refractivity contribution < 1.29 is 19.1 Å². The van der Waals surface area contributed by atoms with Crippen molar-refractivity contribution >= 4 is 51.4 Å². The van der Waals surface area contributed by atoms with Gasteiger partial charge in [-0.25, -0.2) is 4.79 Å². The van der Waals surface area contributed by atoms with Crippen molar-refractivity contribution in [2.45, 2.75) is 58.8 Å². The van der Waals surface area contributed by atoms with E-state index in [9.17, 15) is 14.4 Å². The van der Waals surface area contributed by atoms with Crippen LogP contribution >= 0.6 is 22.9 Å². The number of benzene rings is 1. The molecule has 186 valence electrons. The van der Waals surface area contributed by atoms with Crippen LogP contribution in [0, 0.1) is 30.1 Å². The van der Waals surface area contributed by atoms with Gasteiger partial charge in [0.15, 0.2) is 0 Å². The van der Waals surface area contributed by atoms with Crippen LogP contribution in [0.1, 0.15) is 77.5 Å². The number of carbonyl (C=O) groups is 3. The maximum Gasteiger partial charge on any atom is 0.341 e. The molecule has 1 heterocycles. The summed E-state index contributed by atoms with van der Waals surface area (Å²) in [6, 6.07) is 6.81. The molecule has 4 bridgehead atoms. The Morgan fingerprint density at radius 3 is 2.20 bits per heavy atom. The van der Waals surface area contributed by atoms with Gasteiger partial charge >= 0.3 is 5.97 Å². The summed E-state index contributed by atoms with van der Waals surface area (Å²) in [5.41, 5.74) is 1.45. The molecule has 4 aliphatic rings. The van der Waals surface area contributed by atoms with Crippen molar-refractivity contribution in [2.24, 2.45) is 23.2 Å². The number of nitrogens with one attached hydrogen (secondary N) is 2. The van der Waals surface area contributed by atoms with Crippen molar-refractivity contribution in [3.8, 4) is 0 Å². The van der Waals surface area contributed by atoms with Gasteiger partial charge in [0.25, 0.3) is 5.91 Å². The number of hydrogen-bond acceptors (Lipinski definition) is 5. The summed E-state index contributed by atoms with van der Waals surface area (Å²) in [4.78, 5) is 39.5. The number of thiophene rings is 1. The maximum absolute atomic E-state index is 13.3. The number of esters is 1. The van der Waals surface area contributed by atoms with E-state index < -0.39 is 5.97 Å². The number of rotatable bonds is 7. The van der Waals surface area contributed by atoms with Gasteiger partial charge in [-0.15, -0.1) is 11.3 Å². The van der Waals surface area contributed by atoms with Gasteiger partial charge in [0.2, 0.25) is 5.91 Å². The van der Waals surface area contributed by atoms with Gasteiger partial charge in [-0.1, -0.05) is 11.6 Å². The molecule has 2 aromatic rings. The smallest absolute Gasteiger partial charge is 0.341 e. The Bertz CT molecular complexity index is 1120. The number of halogens is 1. The Morgan fingerprint density at radius 2 is 1.63 bits per heavy atom. The molecular weight excluding hydrogens is 484 g/mol. The molecule has 0 atom stereocenters. The Kier molecular flexibility index (Phi) is 6.66. The fourth-order valence-corrected chi connectivity index (χ4v) is 8.24. The van der Waals surface area contributed by atoms with Gasteiger partial charge in [0.05, 0.1) is 17.0 Å². The van der Waals surface area contributed by atoms with Crippen molar-refractivity contribution in [1.82, 2.24) is 0 Å². The molecule has 4 aliphatic carbocycles. The molecule has 0 radical (unpaired) electrons. The van der Waals surface area contributed by atoms with E-state index in [0.29, 0.717) is 32.6 Å². The molecule has 4 saturated carbocycles. The van der Waals surface area contributed by atoms with E-state index in [-0.39, 0.29) is 29.4 Å². The predicted octanol–water partition coefficient (Wildman–Crippen LogP) is 6.68. The lowest BCUT2D eigenvalue weighted by molar-refractivity contribution is -0.124. The number of hydrogen-bond donors (Lipinski definition) is 2. The molecule has 0 aliphatic heterocycles. The van der Waals surface area contributed by atoms with Crippen LogP contribution in [0.15, 0.2) is 24.3 Å². The van der Waals surface area contributed by atoms with Crippen LogP contribution < -0.4 is 10.6 Å². The third-order valence-electron chi connectivity index (χ3n) is 7.89.